The summed E-state index contributed by atoms with van der Waals surface area (Å²) in [6.07, 6.45) is 1.15. The van der Waals surface area contributed by atoms with Gasteiger partial charge in [0.2, 0.25) is 5.91 Å². The summed E-state index contributed by atoms with van der Waals surface area (Å²) in [6.45, 7) is 5.67. The Morgan fingerprint density at radius 1 is 1.67 bits per heavy atom. The Bertz CT molecular complexity index is 367. The predicted octanol–water partition coefficient (Wildman–Crippen LogP) is 1.13. The summed E-state index contributed by atoms with van der Waals surface area (Å²) >= 11 is 1.73. The topological polar surface area (TPSA) is 41.6 Å². The number of amides is 1. The number of ether oxygens (including phenoxy) is 1. The van der Waals surface area contributed by atoms with Gasteiger partial charge in [-0.1, -0.05) is 6.07 Å². The Morgan fingerprint density at radius 2 is 2.56 bits per heavy atom. The van der Waals surface area contributed by atoms with Crippen LogP contribution in [0.4, 0.5) is 0 Å². The van der Waals surface area contributed by atoms with Crippen LogP contribution < -0.4 is 5.32 Å². The Hall–Kier alpha value is -0.910. The van der Waals surface area contributed by atoms with Crippen LogP contribution in [0.15, 0.2) is 17.5 Å². The van der Waals surface area contributed by atoms with Crippen LogP contribution in [0.25, 0.3) is 0 Å². The van der Waals surface area contributed by atoms with Gasteiger partial charge in [0, 0.05) is 24.5 Å². The van der Waals surface area contributed by atoms with E-state index in [0.29, 0.717) is 6.54 Å². The largest absolute Gasteiger partial charge is 0.376 e. The van der Waals surface area contributed by atoms with E-state index in [4.69, 9.17) is 4.74 Å². The van der Waals surface area contributed by atoms with Crippen molar-refractivity contribution in [2.24, 2.45) is 0 Å². The first-order valence-corrected chi connectivity index (χ1v) is 7.25. The minimum atomic E-state index is 0.112. The molecule has 0 aliphatic carbocycles. The molecule has 2 heterocycles. The highest BCUT2D eigenvalue weighted by molar-refractivity contribution is 7.09. The van der Waals surface area contributed by atoms with E-state index in [1.54, 1.807) is 11.3 Å². The maximum Gasteiger partial charge on any atom is 0.234 e. The van der Waals surface area contributed by atoms with E-state index in [9.17, 15) is 4.79 Å². The summed E-state index contributed by atoms with van der Waals surface area (Å²) in [5.41, 5.74) is 0. The molecule has 1 saturated heterocycles. The molecule has 4 nitrogen and oxygen atoms in total. The molecule has 1 N–H and O–H groups in total. The number of carbonyl (C=O) groups excluding carboxylic acids is 1. The molecule has 1 aromatic heterocycles. The van der Waals surface area contributed by atoms with Crippen molar-refractivity contribution < 1.29 is 9.53 Å². The van der Waals surface area contributed by atoms with Crippen molar-refractivity contribution in [1.29, 1.82) is 0 Å². The van der Waals surface area contributed by atoms with E-state index in [1.807, 2.05) is 13.0 Å². The molecule has 0 saturated carbocycles. The third-order valence-electron chi connectivity index (χ3n) is 2.97. The molecule has 0 radical (unpaired) electrons. The number of nitrogens with one attached hydrogen (secondary N) is 1. The lowest BCUT2D eigenvalue weighted by Crippen LogP contribution is -2.46. The van der Waals surface area contributed by atoms with Gasteiger partial charge in [-0.25, -0.2) is 0 Å². The number of thiophene rings is 1. The van der Waals surface area contributed by atoms with Gasteiger partial charge in [0.1, 0.15) is 0 Å². The van der Waals surface area contributed by atoms with Gasteiger partial charge in [-0.3, -0.25) is 9.69 Å². The Labute approximate surface area is 112 Å². The van der Waals surface area contributed by atoms with Gasteiger partial charge >= 0.3 is 0 Å². The minimum absolute atomic E-state index is 0.112. The SMILES string of the molecule is C[C@@H]1CN(CC(=O)NCCc2cccs2)CCO1. The molecule has 0 bridgehead atoms. The smallest absolute Gasteiger partial charge is 0.234 e. The molecule has 1 aromatic rings. The molecule has 5 heteroatoms. The van der Waals surface area contributed by atoms with Crippen LogP contribution in [0.1, 0.15) is 11.8 Å². The Morgan fingerprint density at radius 3 is 3.28 bits per heavy atom. The fraction of sp³-hybridized carbons (Fsp3) is 0.615. The van der Waals surface area contributed by atoms with Crippen molar-refractivity contribution in [3.8, 4) is 0 Å². The monoisotopic (exact) mass is 268 g/mol. The maximum absolute atomic E-state index is 11.8. The lowest BCUT2D eigenvalue weighted by molar-refractivity contribution is -0.124. The molecule has 0 spiro atoms. The molecule has 0 unspecified atom stereocenters. The molecule has 18 heavy (non-hydrogen) atoms. The van der Waals surface area contributed by atoms with Crippen LogP contribution in [-0.2, 0) is 16.0 Å². The van der Waals surface area contributed by atoms with E-state index in [-0.39, 0.29) is 12.0 Å². The highest BCUT2D eigenvalue weighted by atomic mass is 32.1. The summed E-state index contributed by atoms with van der Waals surface area (Å²) in [6, 6.07) is 4.14. The lowest BCUT2D eigenvalue weighted by atomic mass is 10.3. The number of nitrogens with zero attached hydrogens (tertiary/aromatic N) is 1. The van der Waals surface area contributed by atoms with E-state index in [1.165, 1.54) is 4.88 Å². The van der Waals surface area contributed by atoms with Crippen LogP contribution in [-0.4, -0.2) is 49.7 Å². The molecule has 1 aliphatic heterocycles. The van der Waals surface area contributed by atoms with E-state index < -0.39 is 0 Å². The minimum Gasteiger partial charge on any atom is -0.376 e. The molecule has 0 aromatic carbocycles. The first-order valence-electron chi connectivity index (χ1n) is 6.37. The molecular formula is C13H20N2O2S. The van der Waals surface area contributed by atoms with Crippen LogP contribution in [0.5, 0.6) is 0 Å². The van der Waals surface area contributed by atoms with Gasteiger partial charge in [-0.2, -0.15) is 0 Å². The quantitative estimate of drug-likeness (QED) is 0.870. The van der Waals surface area contributed by atoms with Crippen molar-refractivity contribution in [3.63, 3.8) is 0 Å². The van der Waals surface area contributed by atoms with Gasteiger partial charge in [0.25, 0.3) is 0 Å². The number of rotatable bonds is 5. The molecule has 2 rings (SSSR count). The first-order chi connectivity index (χ1) is 8.74. The lowest BCUT2D eigenvalue weighted by Gasteiger charge is -2.30. The van der Waals surface area contributed by atoms with Crippen molar-refractivity contribution in [2.75, 3.05) is 32.8 Å². The fourth-order valence-corrected chi connectivity index (χ4v) is 2.78. The van der Waals surface area contributed by atoms with Crippen molar-refractivity contribution >= 4 is 17.2 Å². The maximum atomic E-state index is 11.8. The zero-order chi connectivity index (χ0) is 12.8. The van der Waals surface area contributed by atoms with Gasteiger partial charge in [0.15, 0.2) is 0 Å². The zero-order valence-electron chi connectivity index (χ0n) is 10.7. The van der Waals surface area contributed by atoms with Crippen LogP contribution in [0, 0.1) is 0 Å². The molecule has 1 fully saturated rings. The van der Waals surface area contributed by atoms with E-state index in [0.717, 1.165) is 32.7 Å². The fourth-order valence-electron chi connectivity index (χ4n) is 2.07. The zero-order valence-corrected chi connectivity index (χ0v) is 11.5. The van der Waals surface area contributed by atoms with Crippen LogP contribution in [0.2, 0.25) is 0 Å². The summed E-state index contributed by atoms with van der Waals surface area (Å²) in [4.78, 5) is 15.2. The Kier molecular flexibility index (Phi) is 5.16. The average Bonchev–Trinajstić information content (AvgIpc) is 2.82. The highest BCUT2D eigenvalue weighted by Gasteiger charge is 2.18. The average molecular weight is 268 g/mol. The molecular weight excluding hydrogens is 248 g/mol. The van der Waals surface area contributed by atoms with Crippen molar-refractivity contribution in [3.05, 3.63) is 22.4 Å². The Balaban J connectivity index is 1.62. The molecule has 1 atom stereocenters. The second-order valence-electron chi connectivity index (χ2n) is 4.60. The number of hydrogen-bond donors (Lipinski definition) is 1. The molecule has 100 valence electrons. The number of hydrogen-bond acceptors (Lipinski definition) is 4. The van der Waals surface area contributed by atoms with Crippen molar-refractivity contribution in [2.45, 2.75) is 19.4 Å². The predicted molar refractivity (Wildman–Crippen MR) is 72.9 cm³/mol. The van der Waals surface area contributed by atoms with E-state index in [2.05, 4.69) is 21.7 Å². The van der Waals surface area contributed by atoms with Crippen LogP contribution >= 0.6 is 11.3 Å². The van der Waals surface area contributed by atoms with Gasteiger partial charge in [-0.05, 0) is 24.8 Å². The highest BCUT2D eigenvalue weighted by Crippen LogP contribution is 2.08. The number of carbonyl (C=O) groups is 1. The summed E-state index contributed by atoms with van der Waals surface area (Å²) in [7, 11) is 0. The molecule has 1 aliphatic rings. The second-order valence-corrected chi connectivity index (χ2v) is 5.63. The summed E-state index contributed by atoms with van der Waals surface area (Å²) < 4.78 is 5.45. The summed E-state index contributed by atoms with van der Waals surface area (Å²) in [5.74, 6) is 0.112. The van der Waals surface area contributed by atoms with E-state index >= 15 is 0 Å². The second kappa shape index (κ2) is 6.87. The van der Waals surface area contributed by atoms with Gasteiger partial charge < -0.3 is 10.1 Å². The number of morpholine rings is 1. The van der Waals surface area contributed by atoms with Gasteiger partial charge in [0.05, 0.1) is 19.3 Å². The van der Waals surface area contributed by atoms with Crippen molar-refractivity contribution in [1.82, 2.24) is 10.2 Å². The normalized spacial score (nSPS) is 20.8. The standard InChI is InChI=1S/C13H20N2O2S/c1-11-9-15(6-7-17-11)10-13(16)14-5-4-12-3-2-8-18-12/h2-3,8,11H,4-7,9-10H2,1H3,(H,14,16)/t11-/m1/s1. The first kappa shape index (κ1) is 13.5. The van der Waals surface area contributed by atoms with Crippen LogP contribution in [0.3, 0.4) is 0 Å². The summed E-state index contributed by atoms with van der Waals surface area (Å²) in [5, 5.41) is 5.03. The third kappa shape index (κ3) is 4.40. The molecule has 1 amide bonds. The van der Waals surface area contributed by atoms with Gasteiger partial charge in [-0.15, -0.1) is 11.3 Å². The third-order valence-corrected chi connectivity index (χ3v) is 3.90.